The molecule has 0 aliphatic rings. The normalized spacial score (nSPS) is 11.9. The average molecular weight is 254 g/mol. The molecule has 0 fully saturated rings. The lowest BCUT2D eigenvalue weighted by Gasteiger charge is -2.10. The summed E-state index contributed by atoms with van der Waals surface area (Å²) in [5.41, 5.74) is 2.66. The summed E-state index contributed by atoms with van der Waals surface area (Å²) in [4.78, 5) is 15.9. The molecule has 0 unspecified atom stereocenters. The summed E-state index contributed by atoms with van der Waals surface area (Å²) in [5.74, 6) is 0.410. The Morgan fingerprint density at radius 2 is 2.00 bits per heavy atom. The summed E-state index contributed by atoms with van der Waals surface area (Å²) in [7, 11) is 0. The van der Waals surface area contributed by atoms with Crippen molar-refractivity contribution in [2.24, 2.45) is 0 Å². The van der Waals surface area contributed by atoms with Gasteiger partial charge in [0.1, 0.15) is 0 Å². The Bertz CT molecular complexity index is 534. The number of pyridine rings is 1. The van der Waals surface area contributed by atoms with E-state index >= 15 is 0 Å². The van der Waals surface area contributed by atoms with Crippen molar-refractivity contribution in [1.82, 2.24) is 4.98 Å². The molecule has 1 aromatic carbocycles. The molecule has 3 nitrogen and oxygen atoms in total. The van der Waals surface area contributed by atoms with Gasteiger partial charge in [0.15, 0.2) is 0 Å². The van der Waals surface area contributed by atoms with Gasteiger partial charge in [0.2, 0.25) is 0 Å². The van der Waals surface area contributed by atoms with E-state index in [1.807, 2.05) is 12.1 Å². The Morgan fingerprint density at radius 3 is 2.58 bits per heavy atom. The van der Waals surface area contributed by atoms with Crippen molar-refractivity contribution >= 4 is 11.6 Å². The van der Waals surface area contributed by atoms with Crippen molar-refractivity contribution in [3.05, 3.63) is 59.9 Å². The maximum atomic E-state index is 11.9. The molecule has 3 heteroatoms. The summed E-state index contributed by atoms with van der Waals surface area (Å²) in [5, 5.41) is 2.86. The summed E-state index contributed by atoms with van der Waals surface area (Å²) >= 11 is 0. The number of hydrogen-bond acceptors (Lipinski definition) is 2. The maximum Gasteiger partial charge on any atom is 0.257 e. The molecule has 1 amide bonds. The zero-order valence-corrected chi connectivity index (χ0v) is 11.3. The van der Waals surface area contributed by atoms with Gasteiger partial charge in [-0.3, -0.25) is 9.78 Å². The first-order valence-corrected chi connectivity index (χ1v) is 6.52. The van der Waals surface area contributed by atoms with Crippen LogP contribution in [0.4, 0.5) is 5.69 Å². The predicted molar refractivity (Wildman–Crippen MR) is 77.3 cm³/mol. The quantitative estimate of drug-likeness (QED) is 0.900. The monoisotopic (exact) mass is 254 g/mol. The first-order chi connectivity index (χ1) is 9.20. The number of carbonyl (C=O) groups is 1. The fraction of sp³-hybridized carbons (Fsp3) is 0.250. The number of aromatic nitrogens is 1. The Hall–Kier alpha value is -2.16. The molecule has 1 heterocycles. The third kappa shape index (κ3) is 3.41. The van der Waals surface area contributed by atoms with Gasteiger partial charge < -0.3 is 5.32 Å². The van der Waals surface area contributed by atoms with E-state index in [1.54, 1.807) is 24.5 Å². The van der Waals surface area contributed by atoms with Crippen LogP contribution >= 0.6 is 0 Å². The van der Waals surface area contributed by atoms with Crippen molar-refractivity contribution in [3.63, 3.8) is 0 Å². The molecule has 0 bridgehead atoms. The topological polar surface area (TPSA) is 42.0 Å². The standard InChI is InChI=1S/C16H18N2O/c1-3-12(2)13-6-8-15(9-7-13)18-16(19)14-5-4-10-17-11-14/h4-12H,3H2,1-2H3,(H,18,19)/t12-/m0/s1. The van der Waals surface area contributed by atoms with E-state index in [-0.39, 0.29) is 5.91 Å². The molecule has 19 heavy (non-hydrogen) atoms. The predicted octanol–water partition coefficient (Wildman–Crippen LogP) is 3.85. The third-order valence-corrected chi connectivity index (χ3v) is 3.27. The van der Waals surface area contributed by atoms with Gasteiger partial charge in [0.05, 0.1) is 5.56 Å². The molecule has 0 radical (unpaired) electrons. The van der Waals surface area contributed by atoms with E-state index in [9.17, 15) is 4.79 Å². The summed E-state index contributed by atoms with van der Waals surface area (Å²) in [6, 6.07) is 11.5. The highest BCUT2D eigenvalue weighted by molar-refractivity contribution is 6.03. The Kier molecular flexibility index (Phi) is 4.29. The molecule has 0 saturated heterocycles. The van der Waals surface area contributed by atoms with Gasteiger partial charge in [0.25, 0.3) is 5.91 Å². The molecule has 0 aliphatic heterocycles. The van der Waals surface area contributed by atoms with Gasteiger partial charge in [-0.05, 0) is 42.2 Å². The van der Waals surface area contributed by atoms with E-state index in [4.69, 9.17) is 0 Å². The largest absolute Gasteiger partial charge is 0.322 e. The van der Waals surface area contributed by atoms with Gasteiger partial charge in [-0.25, -0.2) is 0 Å². The minimum absolute atomic E-state index is 0.135. The van der Waals surface area contributed by atoms with Crippen LogP contribution in [0.5, 0.6) is 0 Å². The molecule has 1 atom stereocenters. The number of nitrogens with one attached hydrogen (secondary N) is 1. The van der Waals surface area contributed by atoms with Crippen molar-refractivity contribution in [3.8, 4) is 0 Å². The van der Waals surface area contributed by atoms with E-state index in [0.29, 0.717) is 11.5 Å². The zero-order chi connectivity index (χ0) is 13.7. The highest BCUT2D eigenvalue weighted by Crippen LogP contribution is 2.20. The maximum absolute atomic E-state index is 11.9. The van der Waals surface area contributed by atoms with E-state index in [1.165, 1.54) is 5.56 Å². The first kappa shape index (κ1) is 13.3. The van der Waals surface area contributed by atoms with Crippen LogP contribution in [0, 0.1) is 0 Å². The average Bonchev–Trinajstić information content (AvgIpc) is 2.48. The van der Waals surface area contributed by atoms with Gasteiger partial charge in [-0.15, -0.1) is 0 Å². The molecule has 2 rings (SSSR count). The summed E-state index contributed by atoms with van der Waals surface area (Å²) < 4.78 is 0. The second-order valence-electron chi connectivity index (χ2n) is 4.63. The smallest absolute Gasteiger partial charge is 0.257 e. The van der Waals surface area contributed by atoms with Crippen LogP contribution < -0.4 is 5.32 Å². The van der Waals surface area contributed by atoms with Crippen molar-refractivity contribution in [2.45, 2.75) is 26.2 Å². The molecule has 1 N–H and O–H groups in total. The second kappa shape index (κ2) is 6.14. The van der Waals surface area contributed by atoms with E-state index in [2.05, 4.69) is 36.3 Å². The lowest BCUT2D eigenvalue weighted by atomic mass is 9.99. The fourth-order valence-electron chi connectivity index (χ4n) is 1.83. The third-order valence-electron chi connectivity index (χ3n) is 3.27. The molecule has 1 aromatic heterocycles. The van der Waals surface area contributed by atoms with Crippen molar-refractivity contribution in [2.75, 3.05) is 5.32 Å². The van der Waals surface area contributed by atoms with Crippen LogP contribution in [0.15, 0.2) is 48.8 Å². The van der Waals surface area contributed by atoms with Gasteiger partial charge in [0, 0.05) is 18.1 Å². The van der Waals surface area contributed by atoms with Crippen LogP contribution in [0.25, 0.3) is 0 Å². The van der Waals surface area contributed by atoms with Crippen LogP contribution in [0.2, 0.25) is 0 Å². The minimum atomic E-state index is -0.135. The lowest BCUT2D eigenvalue weighted by molar-refractivity contribution is 0.102. The number of hydrogen-bond donors (Lipinski definition) is 1. The lowest BCUT2D eigenvalue weighted by Crippen LogP contribution is -2.11. The van der Waals surface area contributed by atoms with Crippen LogP contribution in [0.1, 0.15) is 42.1 Å². The summed E-state index contributed by atoms with van der Waals surface area (Å²) in [6.45, 7) is 4.37. The van der Waals surface area contributed by atoms with E-state index in [0.717, 1.165) is 12.1 Å². The first-order valence-electron chi connectivity index (χ1n) is 6.52. The number of carbonyl (C=O) groups excluding carboxylic acids is 1. The van der Waals surface area contributed by atoms with Crippen molar-refractivity contribution in [1.29, 1.82) is 0 Å². The zero-order valence-electron chi connectivity index (χ0n) is 11.3. The SMILES string of the molecule is CC[C@H](C)c1ccc(NC(=O)c2cccnc2)cc1. The van der Waals surface area contributed by atoms with Gasteiger partial charge in [-0.1, -0.05) is 26.0 Å². The molecular weight excluding hydrogens is 236 g/mol. The highest BCUT2D eigenvalue weighted by Gasteiger charge is 2.06. The second-order valence-corrected chi connectivity index (χ2v) is 4.63. The van der Waals surface area contributed by atoms with Crippen LogP contribution in [-0.4, -0.2) is 10.9 Å². The molecule has 0 aliphatic carbocycles. The number of nitrogens with zero attached hydrogens (tertiary/aromatic N) is 1. The molecule has 2 aromatic rings. The number of amides is 1. The number of anilines is 1. The minimum Gasteiger partial charge on any atom is -0.322 e. The molecular formula is C16H18N2O. The van der Waals surface area contributed by atoms with Gasteiger partial charge in [-0.2, -0.15) is 0 Å². The fourth-order valence-corrected chi connectivity index (χ4v) is 1.83. The van der Waals surface area contributed by atoms with Gasteiger partial charge >= 0.3 is 0 Å². The summed E-state index contributed by atoms with van der Waals surface area (Å²) in [6.07, 6.45) is 4.32. The Balaban J connectivity index is 2.06. The Labute approximate surface area is 113 Å². The van der Waals surface area contributed by atoms with Crippen LogP contribution in [-0.2, 0) is 0 Å². The van der Waals surface area contributed by atoms with Crippen LogP contribution in [0.3, 0.4) is 0 Å². The van der Waals surface area contributed by atoms with E-state index < -0.39 is 0 Å². The molecule has 0 spiro atoms. The molecule has 0 saturated carbocycles. The Morgan fingerprint density at radius 1 is 1.26 bits per heavy atom. The van der Waals surface area contributed by atoms with Crippen molar-refractivity contribution < 1.29 is 4.79 Å². The highest BCUT2D eigenvalue weighted by atomic mass is 16.1. The number of rotatable bonds is 4. The number of benzene rings is 1. The molecule has 98 valence electrons.